The Balaban J connectivity index is 1.27. The monoisotopic (exact) mass is 443 g/mol. The van der Waals surface area contributed by atoms with Gasteiger partial charge < -0.3 is 9.80 Å². The van der Waals surface area contributed by atoms with E-state index in [-0.39, 0.29) is 17.6 Å². The fourth-order valence-electron chi connectivity index (χ4n) is 4.13. The second-order valence-electron chi connectivity index (χ2n) is 8.25. The first-order valence-corrected chi connectivity index (χ1v) is 11.8. The highest BCUT2D eigenvalue weighted by Crippen LogP contribution is 2.21. The minimum absolute atomic E-state index is 0.0745. The quantitative estimate of drug-likeness (QED) is 0.619. The highest BCUT2D eigenvalue weighted by atomic mass is 32.2. The summed E-state index contributed by atoms with van der Waals surface area (Å²) in [7, 11) is 0. The van der Waals surface area contributed by atoms with Crippen LogP contribution in [0.25, 0.3) is 5.69 Å². The number of aryl methyl sites for hydroxylation is 2. The predicted octanol–water partition coefficient (Wildman–Crippen LogP) is 1.14. The third-order valence-corrected chi connectivity index (χ3v) is 6.66. The molecule has 1 aromatic carbocycles. The molecule has 4 rings (SSSR count). The van der Waals surface area contributed by atoms with Crippen LogP contribution in [0.15, 0.2) is 23.4 Å². The molecule has 2 aliphatic rings. The van der Waals surface area contributed by atoms with Crippen LogP contribution >= 0.6 is 11.8 Å². The summed E-state index contributed by atoms with van der Waals surface area (Å²) in [5, 5.41) is 12.6. The van der Waals surface area contributed by atoms with Gasteiger partial charge in [-0.25, -0.2) is 0 Å². The van der Waals surface area contributed by atoms with Crippen molar-refractivity contribution in [3.63, 3.8) is 0 Å². The van der Waals surface area contributed by atoms with Gasteiger partial charge in [0.05, 0.1) is 18.0 Å². The van der Waals surface area contributed by atoms with E-state index in [1.165, 1.54) is 11.8 Å². The molecule has 0 N–H and O–H groups in total. The molecule has 0 saturated carbocycles. The topological polar surface area (TPSA) is 87.5 Å². The number of rotatable bonds is 6. The number of aromatic nitrogens is 4. The molecule has 2 amide bonds. The average molecular weight is 444 g/mol. The molecule has 9 nitrogen and oxygen atoms in total. The van der Waals surface area contributed by atoms with E-state index in [9.17, 15) is 9.59 Å². The summed E-state index contributed by atoms with van der Waals surface area (Å²) in [6.45, 7) is 9.06. The van der Waals surface area contributed by atoms with E-state index in [0.29, 0.717) is 24.8 Å². The summed E-state index contributed by atoms with van der Waals surface area (Å²) in [6, 6.07) is 6.15. The summed E-state index contributed by atoms with van der Waals surface area (Å²) in [6.07, 6.45) is 2.22. The van der Waals surface area contributed by atoms with Gasteiger partial charge in [-0.05, 0) is 60.4 Å². The smallest absolute Gasteiger partial charge is 0.236 e. The van der Waals surface area contributed by atoms with E-state index in [0.717, 1.165) is 55.8 Å². The minimum Gasteiger partial charge on any atom is -0.342 e. The third kappa shape index (κ3) is 5.43. The summed E-state index contributed by atoms with van der Waals surface area (Å²) in [5.41, 5.74) is 3.17. The Hall–Kier alpha value is -2.46. The molecule has 166 valence electrons. The van der Waals surface area contributed by atoms with Gasteiger partial charge in [-0.2, -0.15) is 4.68 Å². The first kappa shape index (κ1) is 21.8. The number of carbonyl (C=O) groups is 2. The number of benzene rings is 1. The molecule has 0 unspecified atom stereocenters. The van der Waals surface area contributed by atoms with Gasteiger partial charge in [0.15, 0.2) is 0 Å². The number of hydrogen-bond acceptors (Lipinski definition) is 7. The Labute approximate surface area is 186 Å². The molecule has 2 aromatic rings. The van der Waals surface area contributed by atoms with Gasteiger partial charge in [0.25, 0.3) is 0 Å². The van der Waals surface area contributed by atoms with Crippen molar-refractivity contribution >= 4 is 23.6 Å². The highest BCUT2D eigenvalue weighted by Gasteiger charge is 2.25. The van der Waals surface area contributed by atoms with Crippen molar-refractivity contribution < 1.29 is 9.59 Å². The van der Waals surface area contributed by atoms with Crippen LogP contribution in [0.4, 0.5) is 0 Å². The Morgan fingerprint density at radius 3 is 2.23 bits per heavy atom. The lowest BCUT2D eigenvalue weighted by atomic mass is 10.1. The molecular weight excluding hydrogens is 414 g/mol. The normalized spacial score (nSPS) is 17.4. The molecule has 2 fully saturated rings. The number of hydrogen-bond donors (Lipinski definition) is 0. The van der Waals surface area contributed by atoms with Crippen LogP contribution in [0.1, 0.15) is 24.0 Å². The van der Waals surface area contributed by atoms with E-state index in [1.54, 1.807) is 4.68 Å². The lowest BCUT2D eigenvalue weighted by Crippen LogP contribution is -2.51. The Morgan fingerprint density at radius 1 is 0.903 bits per heavy atom. The average Bonchev–Trinajstić information content (AvgIpc) is 3.44. The van der Waals surface area contributed by atoms with E-state index in [1.807, 2.05) is 35.8 Å². The zero-order chi connectivity index (χ0) is 21.8. The van der Waals surface area contributed by atoms with Gasteiger partial charge in [-0.15, -0.1) is 5.10 Å². The lowest BCUT2D eigenvalue weighted by molar-refractivity contribution is -0.133. The van der Waals surface area contributed by atoms with Crippen LogP contribution in [-0.4, -0.2) is 98.3 Å². The van der Waals surface area contributed by atoms with Gasteiger partial charge >= 0.3 is 0 Å². The summed E-state index contributed by atoms with van der Waals surface area (Å²) < 4.78 is 1.68. The van der Waals surface area contributed by atoms with Gasteiger partial charge in [-0.3, -0.25) is 14.5 Å². The molecule has 31 heavy (non-hydrogen) atoms. The fourth-order valence-corrected chi connectivity index (χ4v) is 4.93. The molecule has 1 aromatic heterocycles. The fraction of sp³-hybridized carbons (Fsp3) is 0.571. The number of nitrogens with zero attached hydrogens (tertiary/aromatic N) is 7. The van der Waals surface area contributed by atoms with Gasteiger partial charge in [0, 0.05) is 39.3 Å². The van der Waals surface area contributed by atoms with Crippen molar-refractivity contribution in [1.82, 2.24) is 34.9 Å². The molecule has 2 saturated heterocycles. The van der Waals surface area contributed by atoms with Crippen LogP contribution in [0.2, 0.25) is 0 Å². The highest BCUT2D eigenvalue weighted by molar-refractivity contribution is 7.99. The Kier molecular flexibility index (Phi) is 6.86. The van der Waals surface area contributed by atoms with E-state index in [2.05, 4.69) is 26.5 Å². The van der Waals surface area contributed by atoms with Crippen molar-refractivity contribution in [3.8, 4) is 5.69 Å². The minimum atomic E-state index is 0.0745. The maximum Gasteiger partial charge on any atom is 0.236 e. The number of amides is 2. The van der Waals surface area contributed by atoms with Crippen molar-refractivity contribution in [2.75, 3.05) is 51.6 Å². The van der Waals surface area contributed by atoms with Crippen molar-refractivity contribution in [2.24, 2.45) is 0 Å². The molecule has 0 atom stereocenters. The van der Waals surface area contributed by atoms with Crippen LogP contribution < -0.4 is 0 Å². The molecule has 0 bridgehead atoms. The standard InChI is InChI=1S/C21H29N7O2S/c1-16-11-17(2)13-18(12-16)28-21(22-23-24-28)31-15-20(30)27-9-7-25(8-10-27)14-19(29)26-5-3-4-6-26/h11-13H,3-10,14-15H2,1-2H3. The van der Waals surface area contributed by atoms with Gasteiger partial charge in [0.2, 0.25) is 17.0 Å². The molecule has 3 heterocycles. The Bertz CT molecular complexity index is 913. The van der Waals surface area contributed by atoms with Crippen molar-refractivity contribution in [1.29, 1.82) is 0 Å². The molecular formula is C21H29N7O2S. The zero-order valence-electron chi connectivity index (χ0n) is 18.2. The number of carbonyl (C=O) groups excluding carboxylic acids is 2. The number of thioether (sulfide) groups is 1. The van der Waals surface area contributed by atoms with Crippen LogP contribution in [-0.2, 0) is 9.59 Å². The predicted molar refractivity (Wildman–Crippen MR) is 118 cm³/mol. The number of tetrazole rings is 1. The van der Waals surface area contributed by atoms with E-state index < -0.39 is 0 Å². The second kappa shape index (κ2) is 9.78. The van der Waals surface area contributed by atoms with E-state index >= 15 is 0 Å². The number of likely N-dealkylation sites (tertiary alicyclic amines) is 1. The van der Waals surface area contributed by atoms with Gasteiger partial charge in [-0.1, -0.05) is 17.8 Å². The molecule has 2 aliphatic heterocycles. The van der Waals surface area contributed by atoms with Crippen LogP contribution in [0.3, 0.4) is 0 Å². The first-order chi connectivity index (χ1) is 15.0. The lowest BCUT2D eigenvalue weighted by Gasteiger charge is -2.35. The second-order valence-corrected chi connectivity index (χ2v) is 9.20. The number of piperazine rings is 1. The van der Waals surface area contributed by atoms with Crippen LogP contribution in [0, 0.1) is 13.8 Å². The molecule has 0 aliphatic carbocycles. The SMILES string of the molecule is Cc1cc(C)cc(-n2nnnc2SCC(=O)N2CCN(CC(=O)N3CCCC3)CC2)c1. The maximum atomic E-state index is 12.7. The zero-order valence-corrected chi connectivity index (χ0v) is 19.0. The van der Waals surface area contributed by atoms with Crippen molar-refractivity contribution in [2.45, 2.75) is 31.8 Å². The summed E-state index contributed by atoms with van der Waals surface area (Å²) in [4.78, 5) is 31.0. The third-order valence-electron chi connectivity index (χ3n) is 5.76. The largest absolute Gasteiger partial charge is 0.342 e. The van der Waals surface area contributed by atoms with E-state index in [4.69, 9.17) is 0 Å². The Morgan fingerprint density at radius 2 is 1.55 bits per heavy atom. The van der Waals surface area contributed by atoms with Gasteiger partial charge in [0.1, 0.15) is 0 Å². The first-order valence-electron chi connectivity index (χ1n) is 10.8. The summed E-state index contributed by atoms with van der Waals surface area (Å²) >= 11 is 1.35. The molecule has 0 spiro atoms. The van der Waals surface area contributed by atoms with Crippen LogP contribution in [0.5, 0.6) is 0 Å². The summed E-state index contributed by atoms with van der Waals surface area (Å²) in [5.74, 6) is 0.578. The van der Waals surface area contributed by atoms with Crippen molar-refractivity contribution in [3.05, 3.63) is 29.3 Å². The molecule has 0 radical (unpaired) electrons. The maximum absolute atomic E-state index is 12.7. The molecule has 10 heteroatoms.